The molecule has 0 aliphatic heterocycles. The highest BCUT2D eigenvalue weighted by Gasteiger charge is 2.21. The zero-order chi connectivity index (χ0) is 37.9. The van der Waals surface area contributed by atoms with E-state index in [2.05, 4.69) is 50.3 Å². The molecule has 0 fully saturated rings. The van der Waals surface area contributed by atoms with E-state index in [9.17, 15) is 19.0 Å². The number of esters is 2. The van der Waals surface area contributed by atoms with Crippen LogP contribution in [0.3, 0.4) is 0 Å². The number of phosphoric ester groups is 1. The number of unbranched alkanes of at least 4 members (excludes halogenated alkanes) is 16. The molecule has 2 unspecified atom stereocenters. The van der Waals surface area contributed by atoms with Crippen molar-refractivity contribution in [2.45, 2.75) is 168 Å². The predicted octanol–water partition coefficient (Wildman–Crippen LogP) is 10.3. The van der Waals surface area contributed by atoms with Crippen molar-refractivity contribution in [2.75, 3.05) is 47.5 Å². The lowest BCUT2D eigenvalue weighted by Crippen LogP contribution is -2.37. The molecule has 0 rings (SSSR count). The smallest absolute Gasteiger partial charge is 0.306 e. The van der Waals surface area contributed by atoms with Crippen molar-refractivity contribution in [1.82, 2.24) is 0 Å². The van der Waals surface area contributed by atoms with Gasteiger partial charge in [0.1, 0.15) is 19.8 Å². The molecule has 10 heteroatoms. The number of carbonyl (C=O) groups is 2. The third kappa shape index (κ3) is 37.8. The fourth-order valence-corrected chi connectivity index (χ4v) is 5.88. The summed E-state index contributed by atoms with van der Waals surface area (Å²) < 4.78 is 33.8. The summed E-state index contributed by atoms with van der Waals surface area (Å²) >= 11 is 0. The molecule has 0 aromatic rings. The maximum absolute atomic E-state index is 12.6. The molecule has 0 radical (unpaired) electrons. The molecule has 0 aromatic heterocycles. The summed E-state index contributed by atoms with van der Waals surface area (Å²) in [4.78, 5) is 37.4. The van der Waals surface area contributed by atoms with Crippen LogP contribution in [0.15, 0.2) is 36.5 Å². The van der Waals surface area contributed by atoms with Gasteiger partial charge in [-0.05, 0) is 64.2 Å². The van der Waals surface area contributed by atoms with Crippen molar-refractivity contribution >= 4 is 19.8 Å². The number of carbonyl (C=O) groups excluding carboxylic acids is 2. The van der Waals surface area contributed by atoms with E-state index in [4.69, 9.17) is 18.5 Å². The second kappa shape index (κ2) is 34.0. The van der Waals surface area contributed by atoms with Crippen LogP contribution in [-0.4, -0.2) is 70.0 Å². The first-order valence-corrected chi connectivity index (χ1v) is 21.7. The second-order valence-electron chi connectivity index (χ2n) is 14.6. The number of likely N-dealkylation sites (N-methyl/N-ethyl adjacent to an activating group) is 1. The largest absolute Gasteiger partial charge is 0.756 e. The number of quaternary nitrogens is 1. The zero-order valence-corrected chi connectivity index (χ0v) is 34.2. The van der Waals surface area contributed by atoms with Crippen LogP contribution in [-0.2, 0) is 32.7 Å². The van der Waals surface area contributed by atoms with Crippen LogP contribution in [0.1, 0.15) is 162 Å². The van der Waals surface area contributed by atoms with E-state index >= 15 is 0 Å². The summed E-state index contributed by atoms with van der Waals surface area (Å²) in [5.41, 5.74) is 0. The van der Waals surface area contributed by atoms with Crippen LogP contribution in [0.2, 0.25) is 0 Å². The molecule has 0 heterocycles. The van der Waals surface area contributed by atoms with Gasteiger partial charge in [0.2, 0.25) is 0 Å². The summed E-state index contributed by atoms with van der Waals surface area (Å²) in [6.45, 7) is 4.11. The van der Waals surface area contributed by atoms with Crippen molar-refractivity contribution in [1.29, 1.82) is 0 Å². The van der Waals surface area contributed by atoms with Gasteiger partial charge in [0.25, 0.3) is 7.82 Å². The Hall–Kier alpha value is -1.77. The first-order chi connectivity index (χ1) is 24.5. The van der Waals surface area contributed by atoms with Crippen LogP contribution in [0.25, 0.3) is 0 Å². The minimum atomic E-state index is -4.62. The summed E-state index contributed by atoms with van der Waals surface area (Å²) in [6, 6.07) is 0. The predicted molar refractivity (Wildman–Crippen MR) is 208 cm³/mol. The Morgan fingerprint density at radius 3 is 1.65 bits per heavy atom. The quantitative estimate of drug-likeness (QED) is 0.0205. The highest BCUT2D eigenvalue weighted by molar-refractivity contribution is 7.45. The van der Waals surface area contributed by atoms with Gasteiger partial charge in [-0.2, -0.15) is 0 Å². The Kier molecular flexibility index (Phi) is 32.8. The van der Waals surface area contributed by atoms with E-state index in [-0.39, 0.29) is 26.1 Å². The highest BCUT2D eigenvalue weighted by atomic mass is 31.2. The van der Waals surface area contributed by atoms with E-state index < -0.39 is 32.5 Å². The third-order valence-corrected chi connectivity index (χ3v) is 9.33. The van der Waals surface area contributed by atoms with Crippen molar-refractivity contribution in [3.63, 3.8) is 0 Å². The maximum Gasteiger partial charge on any atom is 0.306 e. The lowest BCUT2D eigenvalue weighted by atomic mass is 10.1. The molecule has 0 amide bonds. The van der Waals surface area contributed by atoms with Gasteiger partial charge in [0, 0.05) is 12.8 Å². The van der Waals surface area contributed by atoms with E-state index in [1.165, 1.54) is 44.9 Å². The minimum absolute atomic E-state index is 0.0354. The van der Waals surface area contributed by atoms with Crippen molar-refractivity contribution < 1.29 is 42.1 Å². The van der Waals surface area contributed by atoms with Crippen LogP contribution in [0.5, 0.6) is 0 Å². The van der Waals surface area contributed by atoms with Crippen molar-refractivity contribution in [3.05, 3.63) is 36.5 Å². The van der Waals surface area contributed by atoms with Gasteiger partial charge in [0.05, 0.1) is 27.7 Å². The monoisotopic (exact) mass is 742 g/mol. The molecule has 0 saturated heterocycles. The lowest BCUT2D eigenvalue weighted by molar-refractivity contribution is -0.870. The number of ether oxygens (including phenoxy) is 2. The Bertz CT molecular complexity index is 975. The molecule has 0 spiro atoms. The molecule has 51 heavy (non-hydrogen) atoms. The van der Waals surface area contributed by atoms with Gasteiger partial charge >= 0.3 is 11.9 Å². The van der Waals surface area contributed by atoms with Crippen LogP contribution < -0.4 is 4.89 Å². The van der Waals surface area contributed by atoms with Gasteiger partial charge in [-0.1, -0.05) is 121 Å². The minimum Gasteiger partial charge on any atom is -0.756 e. The van der Waals surface area contributed by atoms with E-state index in [1.807, 2.05) is 21.1 Å². The Labute approximate surface area is 312 Å². The molecular weight excluding hydrogens is 665 g/mol. The van der Waals surface area contributed by atoms with E-state index in [0.29, 0.717) is 17.4 Å². The fourth-order valence-electron chi connectivity index (χ4n) is 5.16. The van der Waals surface area contributed by atoms with E-state index in [0.717, 1.165) is 83.5 Å². The lowest BCUT2D eigenvalue weighted by Gasteiger charge is -2.28. The van der Waals surface area contributed by atoms with Crippen LogP contribution in [0, 0.1) is 0 Å². The topological polar surface area (TPSA) is 111 Å². The summed E-state index contributed by atoms with van der Waals surface area (Å²) in [5, 5.41) is 0. The van der Waals surface area contributed by atoms with Crippen LogP contribution in [0.4, 0.5) is 0 Å². The number of hydrogen-bond acceptors (Lipinski definition) is 8. The molecule has 2 atom stereocenters. The van der Waals surface area contributed by atoms with Gasteiger partial charge in [-0.15, -0.1) is 0 Å². The first kappa shape index (κ1) is 49.2. The van der Waals surface area contributed by atoms with Gasteiger partial charge < -0.3 is 27.9 Å². The zero-order valence-electron chi connectivity index (χ0n) is 33.3. The third-order valence-electron chi connectivity index (χ3n) is 8.36. The van der Waals surface area contributed by atoms with Gasteiger partial charge in [-0.3, -0.25) is 14.2 Å². The summed E-state index contributed by atoms with van der Waals surface area (Å²) in [5.74, 6) is -0.863. The highest BCUT2D eigenvalue weighted by Crippen LogP contribution is 2.38. The first-order valence-electron chi connectivity index (χ1n) is 20.2. The Morgan fingerprint density at radius 1 is 0.608 bits per heavy atom. The van der Waals surface area contributed by atoms with Crippen molar-refractivity contribution in [3.8, 4) is 0 Å². The van der Waals surface area contributed by atoms with Gasteiger partial charge in [-0.25, -0.2) is 0 Å². The molecule has 0 N–H and O–H groups in total. The maximum atomic E-state index is 12.6. The summed E-state index contributed by atoms with van der Waals surface area (Å²) in [7, 11) is 1.15. The van der Waals surface area contributed by atoms with Crippen molar-refractivity contribution in [2.24, 2.45) is 0 Å². The molecule has 298 valence electrons. The van der Waals surface area contributed by atoms with E-state index in [1.54, 1.807) is 0 Å². The second-order valence-corrected chi connectivity index (χ2v) is 16.1. The molecule has 9 nitrogen and oxygen atoms in total. The average molecular weight is 742 g/mol. The standard InChI is InChI=1S/C41H76NO8P/c1-6-8-10-12-14-16-18-20-22-23-25-27-29-31-33-40(43)47-37-39(38-49-51(45,46)48-36-35-42(3,4)5)50-41(44)34-32-30-28-26-24-21-19-17-15-13-11-9-7-2/h11,13,17-20,39H,6-10,12,14-16,21-38H2,1-5H3/b13-11-,19-17-,20-18-. The summed E-state index contributed by atoms with van der Waals surface area (Å²) in [6.07, 6.45) is 35.9. The Balaban J connectivity index is 4.45. The molecule has 0 aliphatic rings. The number of phosphoric acid groups is 1. The molecule has 0 saturated carbocycles. The SMILES string of the molecule is CCC/C=C\C/C=C\CCCCCCCC(=O)OC(COC(=O)CCCCCCC/C=C\CCCCCCC)COP(=O)([O-])OCC[N+](C)(C)C. The molecular formula is C41H76NO8P. The van der Waals surface area contributed by atoms with Gasteiger partial charge in [0.15, 0.2) is 6.10 Å². The average Bonchev–Trinajstić information content (AvgIpc) is 3.07. The number of rotatable bonds is 36. The van der Waals surface area contributed by atoms with Crippen LogP contribution >= 0.6 is 7.82 Å². The number of nitrogens with zero attached hydrogens (tertiary/aromatic N) is 1. The Morgan fingerprint density at radius 2 is 1.10 bits per heavy atom. The molecule has 0 aromatic carbocycles. The molecule has 0 aliphatic carbocycles. The normalized spacial score (nSPS) is 14.1. The number of allylic oxidation sites excluding steroid dienone is 6. The number of hydrogen-bond donors (Lipinski definition) is 0. The molecule has 0 bridgehead atoms. The fraction of sp³-hybridized carbons (Fsp3) is 0.805.